The first-order valence-corrected chi connectivity index (χ1v) is 9.75. The number of ether oxygens (including phenoxy) is 1. The molecule has 0 aliphatic rings. The van der Waals surface area contributed by atoms with Gasteiger partial charge in [-0.25, -0.2) is 5.43 Å². The van der Waals surface area contributed by atoms with Gasteiger partial charge in [0.25, 0.3) is 11.8 Å². The van der Waals surface area contributed by atoms with Gasteiger partial charge < -0.3 is 15.0 Å². The minimum atomic E-state index is -0.226. The minimum absolute atomic E-state index is 0.0115. The smallest absolute Gasteiger partial charge is 0.259 e. The van der Waals surface area contributed by atoms with Crippen molar-refractivity contribution in [3.8, 4) is 5.75 Å². The predicted octanol–water partition coefficient (Wildman–Crippen LogP) is 3.03. The van der Waals surface area contributed by atoms with Crippen molar-refractivity contribution in [3.05, 3.63) is 58.7 Å². The summed E-state index contributed by atoms with van der Waals surface area (Å²) in [5.41, 5.74) is 8.47. The van der Waals surface area contributed by atoms with Gasteiger partial charge in [-0.1, -0.05) is 17.7 Å². The standard InChI is InChI=1S/C23H30N4O3/c1-15-11-16(2)23(17(3)12-15)24-13-21(28)26-25-18(4)19-7-9-20(10-8-19)30-14-22(29)27(5)6/h7-12,24H,13-14H2,1-6H3,(H,26,28)/b25-18-. The molecule has 0 aromatic heterocycles. The molecule has 2 rings (SSSR count). The number of benzene rings is 2. The van der Waals surface area contributed by atoms with E-state index in [1.165, 1.54) is 10.5 Å². The molecule has 2 N–H and O–H groups in total. The maximum Gasteiger partial charge on any atom is 0.259 e. The molecule has 2 aromatic carbocycles. The highest BCUT2D eigenvalue weighted by Gasteiger charge is 2.07. The second-order valence-corrected chi connectivity index (χ2v) is 7.46. The summed E-state index contributed by atoms with van der Waals surface area (Å²) in [6.07, 6.45) is 0. The number of anilines is 1. The second kappa shape index (κ2) is 10.4. The number of nitrogens with zero attached hydrogens (tertiary/aromatic N) is 2. The highest BCUT2D eigenvalue weighted by Crippen LogP contribution is 2.21. The Kier molecular flexibility index (Phi) is 7.98. The highest BCUT2D eigenvalue weighted by molar-refractivity contribution is 5.99. The lowest BCUT2D eigenvalue weighted by atomic mass is 10.1. The SMILES string of the molecule is C/C(=N/NC(=O)CNc1c(C)cc(C)cc1C)c1ccc(OCC(=O)N(C)C)cc1. The van der Waals surface area contributed by atoms with Crippen molar-refractivity contribution in [2.75, 3.05) is 32.6 Å². The van der Waals surface area contributed by atoms with Crippen LogP contribution in [0.15, 0.2) is 41.5 Å². The third-order valence-electron chi connectivity index (χ3n) is 4.58. The molecule has 0 saturated heterocycles. The fourth-order valence-electron chi connectivity index (χ4n) is 2.94. The molecular formula is C23H30N4O3. The number of carbonyl (C=O) groups is 2. The first kappa shape index (κ1) is 22.9. The van der Waals surface area contributed by atoms with Crippen molar-refractivity contribution in [2.45, 2.75) is 27.7 Å². The monoisotopic (exact) mass is 410 g/mol. The number of nitrogens with one attached hydrogen (secondary N) is 2. The van der Waals surface area contributed by atoms with Crippen LogP contribution in [0, 0.1) is 20.8 Å². The fraction of sp³-hybridized carbons (Fsp3) is 0.348. The van der Waals surface area contributed by atoms with E-state index in [0.29, 0.717) is 11.5 Å². The summed E-state index contributed by atoms with van der Waals surface area (Å²) in [7, 11) is 3.36. The van der Waals surface area contributed by atoms with Crippen molar-refractivity contribution >= 4 is 23.2 Å². The van der Waals surface area contributed by atoms with Crippen LogP contribution in [0.25, 0.3) is 0 Å². The maximum absolute atomic E-state index is 12.2. The summed E-state index contributed by atoms with van der Waals surface area (Å²) >= 11 is 0. The average Bonchev–Trinajstić information content (AvgIpc) is 2.69. The van der Waals surface area contributed by atoms with Gasteiger partial charge in [-0.05, 0) is 68.7 Å². The van der Waals surface area contributed by atoms with E-state index >= 15 is 0 Å². The summed E-state index contributed by atoms with van der Waals surface area (Å²) in [4.78, 5) is 25.2. The molecule has 0 spiro atoms. The van der Waals surface area contributed by atoms with Gasteiger partial charge >= 0.3 is 0 Å². The highest BCUT2D eigenvalue weighted by atomic mass is 16.5. The van der Waals surface area contributed by atoms with Crippen LogP contribution in [-0.4, -0.2) is 49.7 Å². The van der Waals surface area contributed by atoms with E-state index in [0.717, 1.165) is 22.4 Å². The minimum Gasteiger partial charge on any atom is -0.484 e. The van der Waals surface area contributed by atoms with Gasteiger partial charge in [-0.3, -0.25) is 9.59 Å². The van der Waals surface area contributed by atoms with Crippen molar-refractivity contribution in [1.82, 2.24) is 10.3 Å². The molecule has 7 nitrogen and oxygen atoms in total. The van der Waals surface area contributed by atoms with E-state index in [4.69, 9.17) is 4.74 Å². The molecular weight excluding hydrogens is 380 g/mol. The zero-order valence-electron chi connectivity index (χ0n) is 18.5. The van der Waals surface area contributed by atoms with Crippen molar-refractivity contribution in [2.24, 2.45) is 5.10 Å². The van der Waals surface area contributed by atoms with Crippen LogP contribution >= 0.6 is 0 Å². The van der Waals surface area contributed by atoms with Gasteiger partial charge in [0, 0.05) is 19.8 Å². The molecule has 160 valence electrons. The van der Waals surface area contributed by atoms with Gasteiger partial charge in [0.15, 0.2) is 6.61 Å². The molecule has 0 atom stereocenters. The number of hydrogen-bond donors (Lipinski definition) is 2. The lowest BCUT2D eigenvalue weighted by Gasteiger charge is -2.13. The zero-order chi connectivity index (χ0) is 22.3. The fourth-order valence-corrected chi connectivity index (χ4v) is 2.94. The van der Waals surface area contributed by atoms with Crippen LogP contribution in [0.2, 0.25) is 0 Å². The lowest BCUT2D eigenvalue weighted by molar-refractivity contribution is -0.130. The van der Waals surface area contributed by atoms with Gasteiger partial charge in [-0.15, -0.1) is 0 Å². The van der Waals surface area contributed by atoms with Crippen LogP contribution in [0.3, 0.4) is 0 Å². The van der Waals surface area contributed by atoms with Crippen molar-refractivity contribution in [3.63, 3.8) is 0 Å². The molecule has 0 aliphatic heterocycles. The lowest BCUT2D eigenvalue weighted by Crippen LogP contribution is -2.27. The van der Waals surface area contributed by atoms with E-state index in [-0.39, 0.29) is 25.0 Å². The Morgan fingerprint density at radius 1 is 1.03 bits per heavy atom. The predicted molar refractivity (Wildman–Crippen MR) is 120 cm³/mol. The quantitative estimate of drug-likeness (QED) is 0.518. The van der Waals surface area contributed by atoms with Crippen molar-refractivity contribution in [1.29, 1.82) is 0 Å². The molecule has 7 heteroatoms. The Balaban J connectivity index is 1.88. The average molecular weight is 411 g/mol. The zero-order valence-corrected chi connectivity index (χ0v) is 18.5. The number of amides is 2. The number of carbonyl (C=O) groups excluding carboxylic acids is 2. The maximum atomic E-state index is 12.2. The molecule has 0 unspecified atom stereocenters. The van der Waals surface area contributed by atoms with E-state index in [2.05, 4.69) is 34.9 Å². The third kappa shape index (κ3) is 6.62. The largest absolute Gasteiger partial charge is 0.484 e. The number of rotatable bonds is 8. The molecule has 0 saturated carbocycles. The van der Waals surface area contributed by atoms with E-state index in [1.807, 2.05) is 32.9 Å². The Labute approximate surface area is 178 Å². The molecule has 0 bridgehead atoms. The van der Waals surface area contributed by atoms with Crippen molar-refractivity contribution < 1.29 is 14.3 Å². The normalized spacial score (nSPS) is 11.1. The first-order valence-electron chi connectivity index (χ1n) is 9.75. The van der Waals surface area contributed by atoms with Gasteiger partial charge in [-0.2, -0.15) is 5.10 Å². The van der Waals surface area contributed by atoms with Crippen LogP contribution < -0.4 is 15.5 Å². The summed E-state index contributed by atoms with van der Waals surface area (Å²) in [6.45, 7) is 8.03. The number of aryl methyl sites for hydroxylation is 3. The Hall–Kier alpha value is -3.35. The number of hydrazone groups is 1. The van der Waals surface area contributed by atoms with E-state index < -0.39 is 0 Å². The molecule has 0 radical (unpaired) electrons. The summed E-state index contributed by atoms with van der Waals surface area (Å²) in [5.74, 6) is 0.263. The summed E-state index contributed by atoms with van der Waals surface area (Å²) < 4.78 is 5.45. The Morgan fingerprint density at radius 2 is 1.63 bits per heavy atom. The molecule has 0 heterocycles. The summed E-state index contributed by atoms with van der Waals surface area (Å²) in [5, 5.41) is 7.35. The van der Waals surface area contributed by atoms with E-state index in [1.54, 1.807) is 26.2 Å². The molecule has 2 aromatic rings. The Morgan fingerprint density at radius 3 is 2.20 bits per heavy atom. The van der Waals surface area contributed by atoms with Gasteiger partial charge in [0.1, 0.15) is 5.75 Å². The Bertz CT molecular complexity index is 911. The van der Waals surface area contributed by atoms with Crippen LogP contribution in [-0.2, 0) is 9.59 Å². The number of hydrogen-bond acceptors (Lipinski definition) is 5. The molecule has 0 fully saturated rings. The topological polar surface area (TPSA) is 83.0 Å². The number of likely N-dealkylation sites (N-methyl/N-ethyl adjacent to an activating group) is 1. The van der Waals surface area contributed by atoms with Gasteiger partial charge in [0.05, 0.1) is 12.3 Å². The van der Waals surface area contributed by atoms with Gasteiger partial charge in [0.2, 0.25) is 0 Å². The van der Waals surface area contributed by atoms with Crippen LogP contribution in [0.4, 0.5) is 5.69 Å². The van der Waals surface area contributed by atoms with E-state index in [9.17, 15) is 9.59 Å². The second-order valence-electron chi connectivity index (χ2n) is 7.46. The third-order valence-corrected chi connectivity index (χ3v) is 4.58. The van der Waals surface area contributed by atoms with Crippen LogP contribution in [0.1, 0.15) is 29.2 Å². The first-order chi connectivity index (χ1) is 14.2. The summed E-state index contributed by atoms with van der Waals surface area (Å²) in [6, 6.07) is 11.4. The molecule has 0 aliphatic carbocycles. The van der Waals surface area contributed by atoms with Crippen LogP contribution in [0.5, 0.6) is 5.75 Å². The molecule has 2 amide bonds. The molecule has 30 heavy (non-hydrogen) atoms.